The molecule has 0 unspecified atom stereocenters. The van der Waals surface area contributed by atoms with Crippen molar-refractivity contribution < 1.29 is 9.53 Å². The molecule has 4 nitrogen and oxygen atoms in total. The summed E-state index contributed by atoms with van der Waals surface area (Å²) in [6, 6.07) is 9.76. The van der Waals surface area contributed by atoms with Gasteiger partial charge in [0, 0.05) is 30.5 Å². The Balaban J connectivity index is 1.74. The van der Waals surface area contributed by atoms with Gasteiger partial charge in [-0.25, -0.2) is 0 Å². The third-order valence-corrected chi connectivity index (χ3v) is 5.90. The molecular formula is C22H27BrN2O2. The fourth-order valence-electron chi connectivity index (χ4n) is 3.43. The molecule has 0 aliphatic carbocycles. The second-order valence-electron chi connectivity index (χ2n) is 7.99. The maximum Gasteiger partial charge on any atom is 0.310 e. The average molecular weight is 431 g/mol. The summed E-state index contributed by atoms with van der Waals surface area (Å²) in [5.41, 5.74) is 4.31. The molecule has 1 aliphatic rings. The molecule has 1 saturated heterocycles. The van der Waals surface area contributed by atoms with Crippen molar-refractivity contribution in [3.8, 4) is 0 Å². The molecule has 2 heterocycles. The molecule has 1 fully saturated rings. The quantitative estimate of drug-likeness (QED) is 0.621. The first kappa shape index (κ1) is 19.9. The molecule has 0 bridgehead atoms. The number of benzene rings is 1. The molecule has 0 amide bonds. The number of piperidine rings is 1. The number of carbonyl (C=O) groups excluding carboxylic acids is 1. The number of ether oxygens (including phenoxy) is 1. The van der Waals surface area contributed by atoms with E-state index in [9.17, 15) is 4.79 Å². The van der Waals surface area contributed by atoms with E-state index in [0.29, 0.717) is 12.0 Å². The molecular weight excluding hydrogens is 404 g/mol. The van der Waals surface area contributed by atoms with Crippen LogP contribution in [0.3, 0.4) is 0 Å². The van der Waals surface area contributed by atoms with Gasteiger partial charge < -0.3 is 9.64 Å². The smallest absolute Gasteiger partial charge is 0.310 e. The van der Waals surface area contributed by atoms with Crippen LogP contribution in [0, 0.1) is 12.3 Å². The molecule has 0 atom stereocenters. The van der Waals surface area contributed by atoms with E-state index in [0.717, 1.165) is 52.9 Å². The molecule has 0 saturated carbocycles. The van der Waals surface area contributed by atoms with Crippen LogP contribution in [0.5, 0.6) is 0 Å². The number of rotatable bonds is 5. The molecule has 0 N–H and O–H groups in total. The van der Waals surface area contributed by atoms with Crippen LogP contribution < -0.4 is 4.90 Å². The Bertz CT molecular complexity index is 795. The van der Waals surface area contributed by atoms with Crippen LogP contribution in [0.1, 0.15) is 43.5 Å². The highest BCUT2D eigenvalue weighted by molar-refractivity contribution is 9.10. The second-order valence-corrected chi connectivity index (χ2v) is 8.85. The van der Waals surface area contributed by atoms with E-state index in [1.807, 2.05) is 43.5 Å². The van der Waals surface area contributed by atoms with E-state index >= 15 is 0 Å². The van der Waals surface area contributed by atoms with Gasteiger partial charge in [-0.15, -0.1) is 0 Å². The first-order chi connectivity index (χ1) is 12.9. The van der Waals surface area contributed by atoms with Crippen LogP contribution >= 0.6 is 15.9 Å². The Morgan fingerprint density at radius 2 is 1.89 bits per heavy atom. The molecule has 1 aliphatic heterocycles. The number of halogens is 1. The summed E-state index contributed by atoms with van der Waals surface area (Å²) < 4.78 is 6.44. The van der Waals surface area contributed by atoms with Gasteiger partial charge in [-0.3, -0.25) is 9.78 Å². The molecule has 5 heteroatoms. The van der Waals surface area contributed by atoms with E-state index in [1.165, 1.54) is 0 Å². The number of anilines is 1. The zero-order valence-corrected chi connectivity index (χ0v) is 17.9. The van der Waals surface area contributed by atoms with Gasteiger partial charge in [0.25, 0.3) is 0 Å². The van der Waals surface area contributed by atoms with Gasteiger partial charge in [-0.05, 0) is 46.7 Å². The fraction of sp³-hybridized carbons (Fsp3) is 0.455. The fourth-order valence-corrected chi connectivity index (χ4v) is 4.02. The minimum atomic E-state index is -0.222. The topological polar surface area (TPSA) is 42.4 Å². The van der Waals surface area contributed by atoms with Gasteiger partial charge in [0.05, 0.1) is 16.6 Å². The van der Waals surface area contributed by atoms with E-state index in [1.54, 1.807) is 0 Å². The number of aromatic nitrogens is 1. The van der Waals surface area contributed by atoms with Gasteiger partial charge in [0.15, 0.2) is 0 Å². The molecule has 2 aromatic rings. The molecule has 27 heavy (non-hydrogen) atoms. The monoisotopic (exact) mass is 430 g/mol. The summed E-state index contributed by atoms with van der Waals surface area (Å²) in [4.78, 5) is 19.3. The predicted molar refractivity (Wildman–Crippen MR) is 112 cm³/mol. The van der Waals surface area contributed by atoms with Crippen LogP contribution in [0.15, 0.2) is 41.0 Å². The van der Waals surface area contributed by atoms with Crippen molar-refractivity contribution in [2.24, 2.45) is 5.41 Å². The molecule has 3 rings (SSSR count). The Morgan fingerprint density at radius 3 is 2.56 bits per heavy atom. The molecule has 1 aromatic carbocycles. The highest BCUT2D eigenvalue weighted by atomic mass is 79.9. The van der Waals surface area contributed by atoms with Crippen LogP contribution in [0.25, 0.3) is 0 Å². The van der Waals surface area contributed by atoms with Gasteiger partial charge in [0.2, 0.25) is 0 Å². The number of pyridine rings is 1. The first-order valence-corrected chi connectivity index (χ1v) is 10.2. The summed E-state index contributed by atoms with van der Waals surface area (Å²) in [5, 5.41) is 0. The molecule has 1 aromatic heterocycles. The third-order valence-electron chi connectivity index (χ3n) is 5.32. The van der Waals surface area contributed by atoms with Crippen molar-refractivity contribution >= 4 is 27.6 Å². The van der Waals surface area contributed by atoms with Gasteiger partial charge in [-0.2, -0.15) is 0 Å². The van der Waals surface area contributed by atoms with Crippen molar-refractivity contribution in [2.45, 2.75) is 46.6 Å². The average Bonchev–Trinajstić information content (AvgIpc) is 2.65. The summed E-state index contributed by atoms with van der Waals surface area (Å²) in [5.74, 6) is -0.222. The van der Waals surface area contributed by atoms with E-state index < -0.39 is 0 Å². The Morgan fingerprint density at radius 1 is 1.22 bits per heavy atom. The summed E-state index contributed by atoms with van der Waals surface area (Å²) in [7, 11) is 0. The largest absolute Gasteiger partial charge is 0.461 e. The number of aryl methyl sites for hydroxylation is 1. The predicted octanol–water partition coefficient (Wildman–Crippen LogP) is 5.06. The summed E-state index contributed by atoms with van der Waals surface area (Å²) in [6.07, 6.45) is 4.35. The van der Waals surface area contributed by atoms with Crippen LogP contribution in [0.2, 0.25) is 0 Å². The Labute approximate surface area is 170 Å². The normalized spacial score (nSPS) is 16.2. The lowest BCUT2D eigenvalue weighted by molar-refractivity contribution is -0.144. The SMILES string of the molecule is Cc1ncc(Br)c(N2CCC(C)(C)CC2)c1CC(=O)OCc1ccccc1. The minimum absolute atomic E-state index is 0.222. The number of nitrogens with zero attached hydrogens (tertiary/aromatic N) is 2. The third kappa shape index (κ3) is 5.10. The van der Waals surface area contributed by atoms with Crippen molar-refractivity contribution in [3.05, 3.63) is 57.8 Å². The lowest BCUT2D eigenvalue weighted by Crippen LogP contribution is -2.38. The van der Waals surface area contributed by atoms with Crippen LogP contribution in [-0.2, 0) is 22.6 Å². The lowest BCUT2D eigenvalue weighted by Gasteiger charge is -2.39. The molecule has 0 spiro atoms. The van der Waals surface area contributed by atoms with Crippen molar-refractivity contribution in [1.82, 2.24) is 4.98 Å². The number of hydrogen-bond acceptors (Lipinski definition) is 4. The zero-order valence-electron chi connectivity index (χ0n) is 16.3. The minimum Gasteiger partial charge on any atom is -0.461 e. The van der Waals surface area contributed by atoms with Crippen molar-refractivity contribution in [2.75, 3.05) is 18.0 Å². The van der Waals surface area contributed by atoms with Crippen LogP contribution in [0.4, 0.5) is 5.69 Å². The highest BCUT2D eigenvalue weighted by Crippen LogP contribution is 2.37. The first-order valence-electron chi connectivity index (χ1n) is 9.44. The zero-order chi connectivity index (χ0) is 19.4. The number of hydrogen-bond donors (Lipinski definition) is 0. The van der Waals surface area contributed by atoms with Crippen molar-refractivity contribution in [1.29, 1.82) is 0 Å². The van der Waals surface area contributed by atoms with Crippen LogP contribution in [-0.4, -0.2) is 24.0 Å². The van der Waals surface area contributed by atoms with E-state index in [-0.39, 0.29) is 12.4 Å². The Hall–Kier alpha value is -1.88. The molecule has 0 radical (unpaired) electrons. The number of carbonyl (C=O) groups is 1. The van der Waals surface area contributed by atoms with Gasteiger partial charge in [0.1, 0.15) is 6.61 Å². The maximum absolute atomic E-state index is 12.5. The second kappa shape index (κ2) is 8.42. The standard InChI is InChI=1S/C22H27BrN2O2/c1-16-18(13-20(26)27-15-17-7-5-4-6-8-17)21(19(23)14-24-16)25-11-9-22(2,3)10-12-25/h4-8,14H,9-13,15H2,1-3H3. The van der Waals surface area contributed by atoms with Gasteiger partial charge >= 0.3 is 5.97 Å². The summed E-state index contributed by atoms with van der Waals surface area (Å²) in [6.45, 7) is 8.87. The van der Waals surface area contributed by atoms with E-state index in [4.69, 9.17) is 4.74 Å². The van der Waals surface area contributed by atoms with Crippen molar-refractivity contribution in [3.63, 3.8) is 0 Å². The molecule has 144 valence electrons. The highest BCUT2D eigenvalue weighted by Gasteiger charge is 2.28. The number of esters is 1. The van der Waals surface area contributed by atoms with Gasteiger partial charge in [-0.1, -0.05) is 44.2 Å². The maximum atomic E-state index is 12.5. The van der Waals surface area contributed by atoms with E-state index in [2.05, 4.69) is 39.7 Å². The summed E-state index contributed by atoms with van der Waals surface area (Å²) >= 11 is 3.65. The Kier molecular flexibility index (Phi) is 6.20. The lowest BCUT2D eigenvalue weighted by atomic mass is 9.82.